The van der Waals surface area contributed by atoms with E-state index in [-0.39, 0.29) is 0 Å². The summed E-state index contributed by atoms with van der Waals surface area (Å²) >= 11 is 0. The van der Waals surface area contributed by atoms with E-state index in [2.05, 4.69) is 20.7 Å². The molecule has 0 unspecified atom stereocenters. The molecular weight excluding hydrogens is 372 g/mol. The zero-order valence-electron chi connectivity index (χ0n) is 15.9. The van der Waals surface area contributed by atoms with Crippen LogP contribution in [0.15, 0.2) is 48.7 Å². The number of fused-ring (bicyclic) bond motifs is 1. The van der Waals surface area contributed by atoms with Gasteiger partial charge in [-0.15, -0.1) is 0 Å². The molecule has 3 aromatic rings. The molecule has 0 spiro atoms. The van der Waals surface area contributed by atoms with E-state index in [1.807, 2.05) is 42.6 Å². The molecule has 4 rings (SSSR count). The van der Waals surface area contributed by atoms with Gasteiger partial charge in [-0.05, 0) is 48.1 Å². The fraction of sp³-hybridized carbons (Fsp3) is 0.333. The summed E-state index contributed by atoms with van der Waals surface area (Å²) < 4.78 is 25.0. The van der Waals surface area contributed by atoms with E-state index in [4.69, 9.17) is 4.98 Å². The van der Waals surface area contributed by atoms with Crippen molar-refractivity contribution in [2.24, 2.45) is 0 Å². The predicted molar refractivity (Wildman–Crippen MR) is 113 cm³/mol. The lowest BCUT2D eigenvalue weighted by molar-refractivity contribution is 0.573. The Morgan fingerprint density at radius 3 is 2.39 bits per heavy atom. The molecule has 0 bridgehead atoms. The van der Waals surface area contributed by atoms with E-state index >= 15 is 0 Å². The van der Waals surface area contributed by atoms with Crippen molar-refractivity contribution in [2.75, 3.05) is 24.2 Å². The molecule has 6 nitrogen and oxygen atoms in total. The van der Waals surface area contributed by atoms with Crippen LogP contribution in [0.4, 0.5) is 5.82 Å². The quantitative estimate of drug-likeness (QED) is 0.716. The largest absolute Gasteiger partial charge is 0.355 e. The number of hydrogen-bond donors (Lipinski definition) is 1. The summed E-state index contributed by atoms with van der Waals surface area (Å²) in [4.78, 5) is 11.7. The molecule has 1 aromatic heterocycles. The molecule has 1 aliphatic heterocycles. The first-order valence-electron chi connectivity index (χ1n) is 9.54. The number of benzene rings is 2. The fourth-order valence-electron chi connectivity index (χ4n) is 3.49. The number of anilines is 1. The van der Waals surface area contributed by atoms with Gasteiger partial charge in [-0.25, -0.2) is 18.1 Å². The second-order valence-electron chi connectivity index (χ2n) is 7.27. The molecule has 0 saturated carbocycles. The Kier molecular flexibility index (Phi) is 5.28. The minimum atomic E-state index is -3.19. The number of hydrogen-bond acceptors (Lipinski definition) is 5. The lowest BCUT2D eigenvalue weighted by atomic mass is 10.0. The second-order valence-corrected chi connectivity index (χ2v) is 9.10. The molecule has 146 valence electrons. The normalized spacial score (nSPS) is 15.1. The van der Waals surface area contributed by atoms with Crippen molar-refractivity contribution in [1.82, 2.24) is 14.7 Å². The Hall–Kier alpha value is -2.51. The highest BCUT2D eigenvalue weighted by atomic mass is 32.2. The number of piperidine rings is 1. The van der Waals surface area contributed by atoms with E-state index in [0.29, 0.717) is 6.54 Å². The number of rotatable bonds is 5. The Morgan fingerprint density at radius 2 is 1.68 bits per heavy atom. The van der Waals surface area contributed by atoms with Crippen molar-refractivity contribution >= 4 is 26.9 Å². The van der Waals surface area contributed by atoms with Crippen molar-refractivity contribution in [3.63, 3.8) is 0 Å². The standard InChI is InChI=1S/C21H24N4O2S/c1-28(26,27)23-14-16-5-7-17(8-6-16)18-9-10-19-20(13-18)24-21(15-22-19)25-11-3-2-4-12-25/h5-10,13,15,23H,2-4,11-12,14H2,1H3. The van der Waals surface area contributed by atoms with Crippen molar-refractivity contribution in [2.45, 2.75) is 25.8 Å². The van der Waals surface area contributed by atoms with E-state index in [9.17, 15) is 8.42 Å². The maximum Gasteiger partial charge on any atom is 0.209 e. The van der Waals surface area contributed by atoms with Gasteiger partial charge in [0.2, 0.25) is 10.0 Å². The van der Waals surface area contributed by atoms with Gasteiger partial charge in [0.25, 0.3) is 0 Å². The van der Waals surface area contributed by atoms with Crippen molar-refractivity contribution in [3.05, 3.63) is 54.2 Å². The average Bonchev–Trinajstić information content (AvgIpc) is 2.72. The van der Waals surface area contributed by atoms with Crippen molar-refractivity contribution in [3.8, 4) is 11.1 Å². The number of aromatic nitrogens is 2. The molecule has 0 atom stereocenters. The van der Waals surface area contributed by atoms with Crippen LogP contribution in [0.1, 0.15) is 24.8 Å². The first-order valence-corrected chi connectivity index (χ1v) is 11.4. The lowest BCUT2D eigenvalue weighted by Crippen LogP contribution is -2.30. The van der Waals surface area contributed by atoms with E-state index in [1.165, 1.54) is 19.3 Å². The zero-order chi connectivity index (χ0) is 19.6. The Bertz CT molecular complexity index is 1080. The highest BCUT2D eigenvalue weighted by molar-refractivity contribution is 7.88. The highest BCUT2D eigenvalue weighted by Gasteiger charge is 2.13. The van der Waals surface area contributed by atoms with Gasteiger partial charge in [-0.3, -0.25) is 4.98 Å². The molecule has 0 radical (unpaired) electrons. The highest BCUT2D eigenvalue weighted by Crippen LogP contribution is 2.25. The van der Waals surface area contributed by atoms with Gasteiger partial charge in [-0.2, -0.15) is 0 Å². The minimum Gasteiger partial charge on any atom is -0.355 e. The molecule has 1 aliphatic rings. The first-order chi connectivity index (χ1) is 13.5. The van der Waals surface area contributed by atoms with Crippen molar-refractivity contribution < 1.29 is 8.42 Å². The molecule has 1 fully saturated rings. The molecule has 0 aliphatic carbocycles. The molecule has 1 saturated heterocycles. The number of nitrogens with one attached hydrogen (secondary N) is 1. The van der Waals surface area contributed by atoms with E-state index in [0.717, 1.165) is 52.9 Å². The molecule has 1 N–H and O–H groups in total. The Balaban J connectivity index is 1.58. The lowest BCUT2D eigenvalue weighted by Gasteiger charge is -2.27. The van der Waals surface area contributed by atoms with Gasteiger partial charge < -0.3 is 4.90 Å². The number of nitrogens with zero attached hydrogens (tertiary/aromatic N) is 3. The molecule has 7 heteroatoms. The maximum absolute atomic E-state index is 11.2. The van der Waals surface area contributed by atoms with E-state index < -0.39 is 10.0 Å². The maximum atomic E-state index is 11.2. The zero-order valence-corrected chi connectivity index (χ0v) is 16.7. The van der Waals surface area contributed by atoms with Gasteiger partial charge >= 0.3 is 0 Å². The van der Waals surface area contributed by atoms with Crippen molar-refractivity contribution in [1.29, 1.82) is 0 Å². The van der Waals surface area contributed by atoms with Gasteiger partial charge in [0.15, 0.2) is 0 Å². The first kappa shape index (κ1) is 18.8. The molecule has 2 heterocycles. The van der Waals surface area contributed by atoms with Crippen LogP contribution < -0.4 is 9.62 Å². The predicted octanol–water partition coefficient (Wildman–Crippen LogP) is 3.34. The Labute approximate surface area is 165 Å². The van der Waals surface area contributed by atoms with E-state index in [1.54, 1.807) is 0 Å². The average molecular weight is 397 g/mol. The molecule has 28 heavy (non-hydrogen) atoms. The summed E-state index contributed by atoms with van der Waals surface area (Å²) in [5, 5.41) is 0. The third kappa shape index (κ3) is 4.48. The van der Waals surface area contributed by atoms with Crippen LogP contribution in [0, 0.1) is 0 Å². The van der Waals surface area contributed by atoms with Gasteiger partial charge in [0, 0.05) is 19.6 Å². The molecular formula is C21H24N4O2S. The summed E-state index contributed by atoms with van der Waals surface area (Å²) in [6.07, 6.45) is 6.74. The summed E-state index contributed by atoms with van der Waals surface area (Å²) in [7, 11) is -3.19. The van der Waals surface area contributed by atoms with Crippen LogP contribution in [0.25, 0.3) is 22.2 Å². The summed E-state index contributed by atoms with van der Waals surface area (Å²) in [6.45, 7) is 2.38. The molecule has 2 aromatic carbocycles. The third-order valence-electron chi connectivity index (χ3n) is 5.04. The second kappa shape index (κ2) is 7.85. The van der Waals surface area contributed by atoms with Crippen LogP contribution >= 0.6 is 0 Å². The smallest absolute Gasteiger partial charge is 0.209 e. The number of sulfonamides is 1. The minimum absolute atomic E-state index is 0.293. The summed E-state index contributed by atoms with van der Waals surface area (Å²) in [6, 6.07) is 14.0. The van der Waals surface area contributed by atoms with Crippen LogP contribution in [0.3, 0.4) is 0 Å². The SMILES string of the molecule is CS(=O)(=O)NCc1ccc(-c2ccc3ncc(N4CCCCC4)nc3c2)cc1. The fourth-order valence-corrected chi connectivity index (χ4v) is 3.91. The monoisotopic (exact) mass is 396 g/mol. The van der Waals surface area contributed by atoms with Crippen LogP contribution in [0.5, 0.6) is 0 Å². The van der Waals surface area contributed by atoms with Crippen LogP contribution in [0.2, 0.25) is 0 Å². The topological polar surface area (TPSA) is 75.2 Å². The van der Waals surface area contributed by atoms with Gasteiger partial charge in [0.05, 0.1) is 23.5 Å². The van der Waals surface area contributed by atoms with Gasteiger partial charge in [-0.1, -0.05) is 30.3 Å². The third-order valence-corrected chi connectivity index (χ3v) is 5.70. The Morgan fingerprint density at radius 1 is 0.964 bits per heavy atom. The van der Waals surface area contributed by atoms with Crippen LogP contribution in [-0.2, 0) is 16.6 Å². The van der Waals surface area contributed by atoms with Gasteiger partial charge in [0.1, 0.15) is 5.82 Å². The molecule has 0 amide bonds. The van der Waals surface area contributed by atoms with Crippen LogP contribution in [-0.4, -0.2) is 37.7 Å². The summed E-state index contributed by atoms with van der Waals surface area (Å²) in [5.41, 5.74) is 4.83. The summed E-state index contributed by atoms with van der Waals surface area (Å²) in [5.74, 6) is 0.951.